The highest BCUT2D eigenvalue weighted by Crippen LogP contribution is 2.26. The SMILES string of the molecule is CCC(C1=CCCCN1C)C1=NCCC=C1. The third-order valence-electron chi connectivity index (χ3n) is 3.49. The molecular weight excluding hydrogens is 196 g/mol. The maximum Gasteiger partial charge on any atom is 0.0434 e. The minimum Gasteiger partial charge on any atom is -0.378 e. The van der Waals surface area contributed by atoms with Crippen molar-refractivity contribution in [2.45, 2.75) is 32.6 Å². The Labute approximate surface area is 98.7 Å². The number of rotatable bonds is 3. The Morgan fingerprint density at radius 1 is 1.44 bits per heavy atom. The number of nitrogens with zero attached hydrogens (tertiary/aromatic N) is 2. The highest BCUT2D eigenvalue weighted by Gasteiger charge is 2.22. The van der Waals surface area contributed by atoms with Crippen molar-refractivity contribution >= 4 is 5.71 Å². The fourth-order valence-corrected chi connectivity index (χ4v) is 2.59. The molecule has 2 heterocycles. The van der Waals surface area contributed by atoms with Crippen molar-refractivity contribution in [1.82, 2.24) is 4.90 Å². The number of hydrogen-bond acceptors (Lipinski definition) is 2. The molecule has 1 atom stereocenters. The van der Waals surface area contributed by atoms with Gasteiger partial charge in [0.2, 0.25) is 0 Å². The smallest absolute Gasteiger partial charge is 0.0434 e. The number of aliphatic imine (C=N–C) groups is 1. The van der Waals surface area contributed by atoms with Gasteiger partial charge in [-0.2, -0.15) is 0 Å². The van der Waals surface area contributed by atoms with Gasteiger partial charge in [0.15, 0.2) is 0 Å². The summed E-state index contributed by atoms with van der Waals surface area (Å²) in [5.74, 6) is 0.516. The van der Waals surface area contributed by atoms with Gasteiger partial charge >= 0.3 is 0 Å². The van der Waals surface area contributed by atoms with Crippen molar-refractivity contribution in [3.05, 3.63) is 23.9 Å². The summed E-state index contributed by atoms with van der Waals surface area (Å²) in [5, 5.41) is 0. The Kier molecular flexibility index (Phi) is 3.81. The van der Waals surface area contributed by atoms with Gasteiger partial charge < -0.3 is 4.90 Å². The monoisotopic (exact) mass is 218 g/mol. The lowest BCUT2D eigenvalue weighted by Crippen LogP contribution is -2.30. The van der Waals surface area contributed by atoms with E-state index in [0.29, 0.717) is 5.92 Å². The molecule has 0 aromatic carbocycles. The van der Waals surface area contributed by atoms with Gasteiger partial charge in [-0.1, -0.05) is 19.1 Å². The summed E-state index contributed by atoms with van der Waals surface area (Å²) < 4.78 is 0. The van der Waals surface area contributed by atoms with Gasteiger partial charge in [-0.05, 0) is 31.8 Å². The average Bonchev–Trinajstić information content (AvgIpc) is 2.34. The van der Waals surface area contributed by atoms with E-state index < -0.39 is 0 Å². The zero-order valence-electron chi connectivity index (χ0n) is 10.4. The maximum atomic E-state index is 4.67. The fraction of sp³-hybridized carbons (Fsp3) is 0.643. The first-order valence-electron chi connectivity index (χ1n) is 6.45. The Bertz CT molecular complexity index is 326. The summed E-state index contributed by atoms with van der Waals surface area (Å²) >= 11 is 0. The molecule has 88 valence electrons. The van der Waals surface area contributed by atoms with Gasteiger partial charge in [0.05, 0.1) is 0 Å². The van der Waals surface area contributed by atoms with Crippen LogP contribution in [0.15, 0.2) is 28.9 Å². The van der Waals surface area contributed by atoms with Crippen LogP contribution >= 0.6 is 0 Å². The topological polar surface area (TPSA) is 15.6 Å². The number of hydrogen-bond donors (Lipinski definition) is 0. The Morgan fingerprint density at radius 3 is 2.94 bits per heavy atom. The molecule has 0 spiro atoms. The molecule has 0 saturated heterocycles. The molecule has 0 aromatic rings. The van der Waals surface area contributed by atoms with E-state index in [4.69, 9.17) is 0 Å². The van der Waals surface area contributed by atoms with Gasteiger partial charge in [-0.25, -0.2) is 0 Å². The first-order chi connectivity index (χ1) is 7.83. The van der Waals surface area contributed by atoms with Crippen molar-refractivity contribution in [3.8, 4) is 0 Å². The molecule has 0 N–H and O–H groups in total. The second-order valence-corrected chi connectivity index (χ2v) is 4.65. The summed E-state index contributed by atoms with van der Waals surface area (Å²) in [6.45, 7) is 4.43. The molecule has 16 heavy (non-hydrogen) atoms. The summed E-state index contributed by atoms with van der Waals surface area (Å²) in [6, 6.07) is 0. The number of dihydropyridines is 1. The first kappa shape index (κ1) is 11.4. The Morgan fingerprint density at radius 2 is 2.31 bits per heavy atom. The molecule has 0 radical (unpaired) electrons. The fourth-order valence-electron chi connectivity index (χ4n) is 2.59. The minimum atomic E-state index is 0.516. The summed E-state index contributed by atoms with van der Waals surface area (Å²) in [5.41, 5.74) is 2.77. The molecule has 0 aromatic heterocycles. The van der Waals surface area contributed by atoms with Crippen LogP contribution in [-0.4, -0.2) is 30.7 Å². The molecule has 0 bridgehead atoms. The van der Waals surface area contributed by atoms with Crippen molar-refractivity contribution in [2.75, 3.05) is 20.1 Å². The lowest BCUT2D eigenvalue weighted by molar-refractivity contribution is 0.355. The molecule has 2 aliphatic heterocycles. The molecule has 0 aliphatic carbocycles. The molecule has 2 heteroatoms. The lowest BCUT2D eigenvalue weighted by Gasteiger charge is -2.32. The van der Waals surface area contributed by atoms with E-state index in [-0.39, 0.29) is 0 Å². The second kappa shape index (κ2) is 5.33. The molecule has 0 saturated carbocycles. The normalized spacial score (nSPS) is 22.8. The van der Waals surface area contributed by atoms with Crippen LogP contribution in [0.25, 0.3) is 0 Å². The average molecular weight is 218 g/mol. The van der Waals surface area contributed by atoms with Crippen LogP contribution in [0.3, 0.4) is 0 Å². The van der Waals surface area contributed by atoms with Crippen LogP contribution < -0.4 is 0 Å². The molecule has 1 unspecified atom stereocenters. The quantitative estimate of drug-likeness (QED) is 0.711. The standard InChI is InChI=1S/C14H22N2/c1-3-12(13-8-4-6-10-15-13)14-9-5-7-11-16(14)2/h4,8-9,12H,3,5-7,10-11H2,1-2H3. The Hall–Kier alpha value is -1.05. The van der Waals surface area contributed by atoms with Gasteiger partial charge in [0.25, 0.3) is 0 Å². The van der Waals surface area contributed by atoms with Crippen LogP contribution in [0.4, 0.5) is 0 Å². The zero-order chi connectivity index (χ0) is 11.4. The van der Waals surface area contributed by atoms with E-state index in [1.54, 1.807) is 0 Å². The molecule has 0 fully saturated rings. The molecule has 2 nitrogen and oxygen atoms in total. The van der Waals surface area contributed by atoms with Crippen LogP contribution in [0.2, 0.25) is 0 Å². The van der Waals surface area contributed by atoms with Gasteiger partial charge in [-0.3, -0.25) is 4.99 Å². The zero-order valence-corrected chi connectivity index (χ0v) is 10.4. The molecular formula is C14H22N2. The molecule has 0 amide bonds. The number of allylic oxidation sites excluding steroid dienone is 3. The van der Waals surface area contributed by atoms with Crippen molar-refractivity contribution in [3.63, 3.8) is 0 Å². The van der Waals surface area contributed by atoms with Crippen LogP contribution in [0, 0.1) is 5.92 Å². The van der Waals surface area contributed by atoms with E-state index >= 15 is 0 Å². The minimum absolute atomic E-state index is 0.516. The molecule has 2 rings (SSSR count). The van der Waals surface area contributed by atoms with Crippen molar-refractivity contribution < 1.29 is 0 Å². The van der Waals surface area contributed by atoms with Crippen LogP contribution in [0.5, 0.6) is 0 Å². The second-order valence-electron chi connectivity index (χ2n) is 4.65. The van der Waals surface area contributed by atoms with E-state index in [9.17, 15) is 0 Å². The predicted molar refractivity (Wildman–Crippen MR) is 69.8 cm³/mol. The predicted octanol–water partition coefficient (Wildman–Crippen LogP) is 3.02. The van der Waals surface area contributed by atoms with E-state index in [2.05, 4.69) is 42.1 Å². The first-order valence-corrected chi connectivity index (χ1v) is 6.45. The summed E-state index contributed by atoms with van der Waals surface area (Å²) in [6.07, 6.45) is 11.7. The van der Waals surface area contributed by atoms with Crippen molar-refractivity contribution in [1.29, 1.82) is 0 Å². The van der Waals surface area contributed by atoms with E-state index in [1.807, 2.05) is 0 Å². The van der Waals surface area contributed by atoms with Gasteiger partial charge in [0, 0.05) is 37.5 Å². The third-order valence-corrected chi connectivity index (χ3v) is 3.49. The Balaban J connectivity index is 2.18. The van der Waals surface area contributed by atoms with Gasteiger partial charge in [-0.15, -0.1) is 0 Å². The summed E-state index contributed by atoms with van der Waals surface area (Å²) in [7, 11) is 2.21. The molecule has 2 aliphatic rings. The third kappa shape index (κ3) is 2.37. The van der Waals surface area contributed by atoms with E-state index in [1.165, 1.54) is 30.8 Å². The van der Waals surface area contributed by atoms with Crippen molar-refractivity contribution in [2.24, 2.45) is 10.9 Å². The van der Waals surface area contributed by atoms with Crippen LogP contribution in [0.1, 0.15) is 32.6 Å². The summed E-state index contributed by atoms with van der Waals surface area (Å²) in [4.78, 5) is 7.08. The highest BCUT2D eigenvalue weighted by molar-refractivity contribution is 5.99. The lowest BCUT2D eigenvalue weighted by atomic mass is 9.91. The van der Waals surface area contributed by atoms with Gasteiger partial charge in [0.1, 0.15) is 0 Å². The van der Waals surface area contributed by atoms with E-state index in [0.717, 1.165) is 19.4 Å². The maximum absolute atomic E-state index is 4.67. The van der Waals surface area contributed by atoms with Crippen LogP contribution in [-0.2, 0) is 0 Å². The largest absolute Gasteiger partial charge is 0.378 e. The highest BCUT2D eigenvalue weighted by atomic mass is 15.1.